The van der Waals surface area contributed by atoms with E-state index in [0.29, 0.717) is 6.04 Å². The Hall–Kier alpha value is -0.930. The predicted molar refractivity (Wildman–Crippen MR) is 75.7 cm³/mol. The molecule has 4 heteroatoms. The number of benzene rings is 1. The molecule has 1 fully saturated rings. The number of halogens is 1. The van der Waals surface area contributed by atoms with Crippen molar-refractivity contribution in [3.05, 3.63) is 24.3 Å². The van der Waals surface area contributed by atoms with Gasteiger partial charge in [0.05, 0.1) is 6.61 Å². The average molecular weight is 272 g/mol. The van der Waals surface area contributed by atoms with Crippen LogP contribution in [0.5, 0.6) is 11.5 Å². The molecular weight excluding hydrogens is 250 g/mol. The van der Waals surface area contributed by atoms with E-state index in [1.807, 2.05) is 0 Å². The molecule has 0 radical (unpaired) electrons. The minimum absolute atomic E-state index is 0. The minimum atomic E-state index is 0. The molecule has 1 heterocycles. The Morgan fingerprint density at radius 2 is 2.00 bits per heavy atom. The zero-order valence-electron chi connectivity index (χ0n) is 10.8. The van der Waals surface area contributed by atoms with Crippen molar-refractivity contribution in [3.63, 3.8) is 0 Å². The van der Waals surface area contributed by atoms with Gasteiger partial charge < -0.3 is 14.7 Å². The number of hydrogen-bond donors (Lipinski definition) is 1. The van der Waals surface area contributed by atoms with Crippen molar-refractivity contribution < 1.29 is 9.84 Å². The van der Waals surface area contributed by atoms with E-state index in [0.717, 1.165) is 18.8 Å². The average Bonchev–Trinajstić information content (AvgIpc) is 2.34. The van der Waals surface area contributed by atoms with Crippen molar-refractivity contribution in [1.82, 2.24) is 4.90 Å². The van der Waals surface area contributed by atoms with E-state index in [-0.39, 0.29) is 18.2 Å². The van der Waals surface area contributed by atoms with E-state index in [4.69, 9.17) is 9.84 Å². The van der Waals surface area contributed by atoms with E-state index in [1.54, 1.807) is 24.3 Å². The van der Waals surface area contributed by atoms with Crippen molar-refractivity contribution in [3.8, 4) is 11.5 Å². The second-order valence-electron chi connectivity index (χ2n) is 4.76. The number of ether oxygens (including phenoxy) is 1. The maximum absolute atomic E-state index is 9.16. The third-order valence-electron chi connectivity index (χ3n) is 3.48. The summed E-state index contributed by atoms with van der Waals surface area (Å²) in [6.45, 7) is 1.96. The van der Waals surface area contributed by atoms with Crippen LogP contribution >= 0.6 is 12.4 Å². The molecule has 1 N–H and O–H groups in total. The summed E-state index contributed by atoms with van der Waals surface area (Å²) in [7, 11) is 2.20. The molecule has 0 spiro atoms. The summed E-state index contributed by atoms with van der Waals surface area (Å²) in [5.41, 5.74) is 0. The van der Waals surface area contributed by atoms with E-state index < -0.39 is 0 Å². The van der Waals surface area contributed by atoms with Gasteiger partial charge in [-0.2, -0.15) is 0 Å². The van der Waals surface area contributed by atoms with Gasteiger partial charge in [0.2, 0.25) is 0 Å². The molecular formula is C14H22ClNO2. The van der Waals surface area contributed by atoms with Crippen molar-refractivity contribution >= 4 is 12.4 Å². The van der Waals surface area contributed by atoms with Gasteiger partial charge in [-0.05, 0) is 57.1 Å². The van der Waals surface area contributed by atoms with Gasteiger partial charge in [-0.25, -0.2) is 0 Å². The lowest BCUT2D eigenvalue weighted by molar-refractivity contribution is 0.153. The van der Waals surface area contributed by atoms with Gasteiger partial charge in [0.15, 0.2) is 0 Å². The van der Waals surface area contributed by atoms with Gasteiger partial charge in [-0.3, -0.25) is 0 Å². The highest BCUT2D eigenvalue weighted by Gasteiger charge is 2.18. The summed E-state index contributed by atoms with van der Waals surface area (Å²) in [5.74, 6) is 1.12. The van der Waals surface area contributed by atoms with Gasteiger partial charge in [-0.15, -0.1) is 12.4 Å². The summed E-state index contributed by atoms with van der Waals surface area (Å²) in [5, 5.41) is 9.16. The van der Waals surface area contributed by atoms with E-state index in [9.17, 15) is 0 Å². The third kappa shape index (κ3) is 4.39. The SMILES string of the molecule is CN1CCCCC1CCOc1ccc(O)cc1.Cl. The fourth-order valence-corrected chi connectivity index (χ4v) is 2.36. The lowest BCUT2D eigenvalue weighted by atomic mass is 10.0. The highest BCUT2D eigenvalue weighted by Crippen LogP contribution is 2.19. The number of likely N-dealkylation sites (tertiary alicyclic amines) is 1. The Balaban J connectivity index is 0.00000162. The summed E-state index contributed by atoms with van der Waals surface area (Å²) in [6, 6.07) is 7.59. The number of hydrogen-bond acceptors (Lipinski definition) is 3. The standard InChI is InChI=1S/C14H21NO2.ClH/c1-15-10-3-2-4-12(15)9-11-17-14-7-5-13(16)6-8-14;/h5-8,12,16H,2-4,9-11H2,1H3;1H. The van der Waals surface area contributed by atoms with Crippen LogP contribution in [0.2, 0.25) is 0 Å². The van der Waals surface area contributed by atoms with Gasteiger partial charge in [0.1, 0.15) is 11.5 Å². The van der Waals surface area contributed by atoms with Crippen LogP contribution in [0, 0.1) is 0 Å². The Bertz CT molecular complexity index is 342. The lowest BCUT2D eigenvalue weighted by Crippen LogP contribution is -2.37. The molecule has 1 aromatic carbocycles. The molecule has 1 atom stereocenters. The number of rotatable bonds is 4. The second kappa shape index (κ2) is 7.49. The molecule has 1 saturated heterocycles. The number of phenols is 1. The Morgan fingerprint density at radius 1 is 1.28 bits per heavy atom. The van der Waals surface area contributed by atoms with Gasteiger partial charge in [0, 0.05) is 6.04 Å². The first-order chi connectivity index (χ1) is 8.25. The smallest absolute Gasteiger partial charge is 0.119 e. The Kier molecular flexibility index (Phi) is 6.30. The highest BCUT2D eigenvalue weighted by molar-refractivity contribution is 5.85. The largest absolute Gasteiger partial charge is 0.508 e. The van der Waals surface area contributed by atoms with Crippen LogP contribution in [-0.2, 0) is 0 Å². The van der Waals surface area contributed by atoms with Gasteiger partial charge in [-0.1, -0.05) is 6.42 Å². The third-order valence-corrected chi connectivity index (χ3v) is 3.48. The van der Waals surface area contributed by atoms with Gasteiger partial charge >= 0.3 is 0 Å². The zero-order chi connectivity index (χ0) is 12.1. The molecule has 1 aliphatic rings. The van der Waals surface area contributed by atoms with Crippen LogP contribution in [0.25, 0.3) is 0 Å². The molecule has 1 aliphatic heterocycles. The molecule has 0 aliphatic carbocycles. The fraction of sp³-hybridized carbons (Fsp3) is 0.571. The minimum Gasteiger partial charge on any atom is -0.508 e. The second-order valence-corrected chi connectivity index (χ2v) is 4.76. The fourth-order valence-electron chi connectivity index (χ4n) is 2.36. The molecule has 2 rings (SSSR count). The summed E-state index contributed by atoms with van der Waals surface area (Å²) < 4.78 is 5.67. The predicted octanol–water partition coefficient (Wildman–Crippen LogP) is 3.07. The summed E-state index contributed by atoms with van der Waals surface area (Å²) >= 11 is 0. The van der Waals surface area contributed by atoms with Crippen molar-refractivity contribution in [2.45, 2.75) is 31.7 Å². The number of aromatic hydroxyl groups is 1. The Morgan fingerprint density at radius 3 is 2.67 bits per heavy atom. The van der Waals surface area contributed by atoms with Crippen LogP contribution in [0.15, 0.2) is 24.3 Å². The van der Waals surface area contributed by atoms with Crippen molar-refractivity contribution in [1.29, 1.82) is 0 Å². The van der Waals surface area contributed by atoms with Crippen molar-refractivity contribution in [2.24, 2.45) is 0 Å². The van der Waals surface area contributed by atoms with Gasteiger partial charge in [0.25, 0.3) is 0 Å². The molecule has 102 valence electrons. The zero-order valence-corrected chi connectivity index (χ0v) is 11.7. The topological polar surface area (TPSA) is 32.7 Å². The molecule has 18 heavy (non-hydrogen) atoms. The van der Waals surface area contributed by atoms with Crippen LogP contribution in [0.1, 0.15) is 25.7 Å². The maximum Gasteiger partial charge on any atom is 0.119 e. The lowest BCUT2D eigenvalue weighted by Gasteiger charge is -2.32. The monoisotopic (exact) mass is 271 g/mol. The maximum atomic E-state index is 9.16. The molecule has 1 unspecified atom stereocenters. The molecule has 1 aromatic rings. The first-order valence-electron chi connectivity index (χ1n) is 6.38. The quantitative estimate of drug-likeness (QED) is 0.914. The summed E-state index contributed by atoms with van der Waals surface area (Å²) in [6.07, 6.45) is 5.03. The van der Waals surface area contributed by atoms with Crippen LogP contribution < -0.4 is 4.74 Å². The molecule has 3 nitrogen and oxygen atoms in total. The molecule has 0 amide bonds. The number of nitrogens with zero attached hydrogens (tertiary/aromatic N) is 1. The Labute approximate surface area is 115 Å². The number of phenolic OH excluding ortho intramolecular Hbond substituents is 1. The highest BCUT2D eigenvalue weighted by atomic mass is 35.5. The first-order valence-corrected chi connectivity index (χ1v) is 6.38. The van der Waals surface area contributed by atoms with Crippen LogP contribution in [0.3, 0.4) is 0 Å². The van der Waals surface area contributed by atoms with Crippen LogP contribution in [-0.4, -0.2) is 36.2 Å². The molecule has 0 saturated carbocycles. The normalized spacial score (nSPS) is 20.2. The van der Waals surface area contributed by atoms with Crippen LogP contribution in [0.4, 0.5) is 0 Å². The van der Waals surface area contributed by atoms with E-state index in [1.165, 1.54) is 25.8 Å². The first kappa shape index (κ1) is 15.1. The number of piperidine rings is 1. The van der Waals surface area contributed by atoms with Crippen molar-refractivity contribution in [2.75, 3.05) is 20.2 Å². The van der Waals surface area contributed by atoms with E-state index >= 15 is 0 Å². The van der Waals surface area contributed by atoms with E-state index in [2.05, 4.69) is 11.9 Å². The molecule has 0 aromatic heterocycles. The summed E-state index contributed by atoms with van der Waals surface area (Å²) in [4.78, 5) is 2.43. The molecule has 0 bridgehead atoms.